The van der Waals surface area contributed by atoms with Crippen LogP contribution in [0.25, 0.3) is 0 Å². The molecule has 5 rings (SSSR count). The Morgan fingerprint density at radius 2 is 1.97 bits per heavy atom. The first kappa shape index (κ1) is 20.2. The molecule has 4 nitrogen and oxygen atoms in total. The van der Waals surface area contributed by atoms with Crippen molar-refractivity contribution >= 4 is 11.7 Å². The van der Waals surface area contributed by atoms with E-state index in [1.54, 1.807) is 6.07 Å². The third kappa shape index (κ3) is 3.35. The Balaban J connectivity index is 1.37. The zero-order chi connectivity index (χ0) is 21.8. The summed E-state index contributed by atoms with van der Waals surface area (Å²) in [6, 6.07) is 11.3. The van der Waals surface area contributed by atoms with Gasteiger partial charge in [-0.25, -0.2) is 4.39 Å². The van der Waals surface area contributed by atoms with Gasteiger partial charge in [-0.3, -0.25) is 9.59 Å². The largest absolute Gasteiger partial charge is 0.508 e. The molecule has 0 aromatic heterocycles. The average molecular weight is 422 g/mol. The molecule has 2 aromatic rings. The first-order valence-electron chi connectivity index (χ1n) is 11.3. The SMILES string of the molecule is C[C@]12CCC3c4ccc(O)cc4CCC3C1C(CNC(=O)c1ccc(F)cc1)CC2=O. The second-order valence-corrected chi connectivity index (χ2v) is 9.78. The number of nitrogens with one attached hydrogen (secondary N) is 1. The number of hydrogen-bond donors (Lipinski definition) is 2. The van der Waals surface area contributed by atoms with Crippen LogP contribution < -0.4 is 5.32 Å². The maximum Gasteiger partial charge on any atom is 0.251 e. The third-order valence-corrected chi connectivity index (χ3v) is 8.19. The van der Waals surface area contributed by atoms with Crippen molar-refractivity contribution in [3.05, 3.63) is 65.0 Å². The number of carbonyl (C=O) groups excluding carboxylic acids is 2. The quantitative estimate of drug-likeness (QED) is 0.760. The van der Waals surface area contributed by atoms with E-state index in [0.29, 0.717) is 41.9 Å². The Kier molecular flexibility index (Phi) is 4.87. The lowest BCUT2D eigenvalue weighted by molar-refractivity contribution is -0.129. The maximum absolute atomic E-state index is 13.2. The van der Waals surface area contributed by atoms with Crippen LogP contribution in [0.5, 0.6) is 5.75 Å². The van der Waals surface area contributed by atoms with Gasteiger partial charge < -0.3 is 10.4 Å². The third-order valence-electron chi connectivity index (χ3n) is 8.19. The van der Waals surface area contributed by atoms with E-state index in [1.165, 1.54) is 35.4 Å². The van der Waals surface area contributed by atoms with E-state index in [-0.39, 0.29) is 29.0 Å². The second-order valence-electron chi connectivity index (χ2n) is 9.78. The second kappa shape index (κ2) is 7.47. The van der Waals surface area contributed by atoms with Crippen LogP contribution in [0.15, 0.2) is 42.5 Å². The van der Waals surface area contributed by atoms with Crippen molar-refractivity contribution < 1.29 is 19.1 Å². The first-order chi connectivity index (χ1) is 14.9. The van der Waals surface area contributed by atoms with Crippen LogP contribution in [-0.2, 0) is 11.2 Å². The molecule has 2 aromatic carbocycles. The van der Waals surface area contributed by atoms with Gasteiger partial charge in [-0.1, -0.05) is 13.0 Å². The summed E-state index contributed by atoms with van der Waals surface area (Å²) in [4.78, 5) is 25.6. The molecule has 5 atom stereocenters. The molecular weight excluding hydrogens is 393 g/mol. The van der Waals surface area contributed by atoms with Crippen molar-refractivity contribution in [1.82, 2.24) is 5.32 Å². The number of phenols is 1. The molecule has 5 heteroatoms. The highest BCUT2D eigenvalue weighted by atomic mass is 19.1. The van der Waals surface area contributed by atoms with E-state index >= 15 is 0 Å². The number of Topliss-reactive ketones (excluding diaryl/α,β-unsaturated/α-hetero) is 1. The average Bonchev–Trinajstić information content (AvgIpc) is 3.02. The minimum Gasteiger partial charge on any atom is -0.508 e. The van der Waals surface area contributed by atoms with Crippen LogP contribution >= 0.6 is 0 Å². The summed E-state index contributed by atoms with van der Waals surface area (Å²) >= 11 is 0. The summed E-state index contributed by atoms with van der Waals surface area (Å²) in [6.45, 7) is 2.60. The number of benzene rings is 2. The molecule has 3 aliphatic rings. The lowest BCUT2D eigenvalue weighted by atomic mass is 9.54. The number of hydrogen-bond acceptors (Lipinski definition) is 3. The Bertz CT molecular complexity index is 1030. The predicted octanol–water partition coefficient (Wildman–Crippen LogP) is 4.61. The zero-order valence-electron chi connectivity index (χ0n) is 17.7. The normalized spacial score (nSPS) is 31.5. The molecule has 2 fully saturated rings. The minimum absolute atomic E-state index is 0.119. The molecule has 2 saturated carbocycles. The maximum atomic E-state index is 13.2. The summed E-state index contributed by atoms with van der Waals surface area (Å²) in [6.07, 6.45) is 4.31. The molecule has 2 N–H and O–H groups in total. The number of aromatic hydroxyl groups is 1. The molecule has 0 saturated heterocycles. The number of amides is 1. The van der Waals surface area contributed by atoms with Gasteiger partial charge in [0.05, 0.1) is 0 Å². The highest BCUT2D eigenvalue weighted by Crippen LogP contribution is 2.61. The molecule has 31 heavy (non-hydrogen) atoms. The molecular formula is C26H28FNO3. The van der Waals surface area contributed by atoms with E-state index in [2.05, 4.69) is 18.3 Å². The molecule has 0 aliphatic heterocycles. The van der Waals surface area contributed by atoms with Crippen LogP contribution in [0.1, 0.15) is 60.0 Å². The summed E-state index contributed by atoms with van der Waals surface area (Å²) in [5.41, 5.74) is 2.67. The van der Waals surface area contributed by atoms with Crippen LogP contribution in [0.3, 0.4) is 0 Å². The minimum atomic E-state index is -0.368. The van der Waals surface area contributed by atoms with E-state index in [0.717, 1.165) is 25.7 Å². The monoisotopic (exact) mass is 421 g/mol. The van der Waals surface area contributed by atoms with E-state index in [1.807, 2.05) is 6.07 Å². The van der Waals surface area contributed by atoms with E-state index in [4.69, 9.17) is 0 Å². The number of phenolic OH excluding ortho intramolecular Hbond substituents is 1. The van der Waals surface area contributed by atoms with Crippen LogP contribution in [0, 0.1) is 29.0 Å². The van der Waals surface area contributed by atoms with Gasteiger partial charge >= 0.3 is 0 Å². The van der Waals surface area contributed by atoms with Crippen molar-refractivity contribution in [2.45, 2.75) is 44.9 Å². The zero-order valence-corrected chi connectivity index (χ0v) is 17.7. The van der Waals surface area contributed by atoms with E-state index in [9.17, 15) is 19.1 Å². The van der Waals surface area contributed by atoms with Crippen molar-refractivity contribution in [3.63, 3.8) is 0 Å². The highest BCUT2D eigenvalue weighted by molar-refractivity contribution is 5.94. The fourth-order valence-corrected chi connectivity index (χ4v) is 6.74. The van der Waals surface area contributed by atoms with Crippen molar-refractivity contribution in [2.24, 2.45) is 23.2 Å². The van der Waals surface area contributed by atoms with Crippen molar-refractivity contribution in [1.29, 1.82) is 0 Å². The fourth-order valence-electron chi connectivity index (χ4n) is 6.74. The van der Waals surface area contributed by atoms with Gasteiger partial charge in [-0.15, -0.1) is 0 Å². The lowest BCUT2D eigenvalue weighted by Crippen LogP contribution is -2.46. The predicted molar refractivity (Wildman–Crippen MR) is 115 cm³/mol. The molecule has 0 radical (unpaired) electrons. The van der Waals surface area contributed by atoms with E-state index < -0.39 is 0 Å². The van der Waals surface area contributed by atoms with Crippen molar-refractivity contribution in [3.8, 4) is 5.75 Å². The fraction of sp³-hybridized carbons (Fsp3) is 0.462. The molecule has 0 spiro atoms. The van der Waals surface area contributed by atoms with Gasteiger partial charge in [0.1, 0.15) is 17.3 Å². The Labute approximate surface area is 181 Å². The van der Waals surface area contributed by atoms with Crippen LogP contribution in [0.4, 0.5) is 4.39 Å². The lowest BCUT2D eigenvalue weighted by Gasteiger charge is -2.49. The standard InChI is InChI=1S/C26H28FNO3/c1-26-11-10-21-20-9-7-19(29)12-16(20)4-8-22(21)24(26)17(13-23(26)30)14-28-25(31)15-2-5-18(27)6-3-15/h2-3,5-7,9,12,17,21-22,24,29H,4,8,10-11,13-14H2,1H3,(H,28,31)/t17?,21?,22?,24?,26-/m1/s1. The summed E-state index contributed by atoms with van der Waals surface area (Å²) in [5.74, 6) is 1.23. The van der Waals surface area contributed by atoms with Gasteiger partial charge in [0, 0.05) is 23.9 Å². The first-order valence-corrected chi connectivity index (χ1v) is 11.3. The Hall–Kier alpha value is -2.69. The summed E-state index contributed by atoms with van der Waals surface area (Å²) < 4.78 is 13.2. The number of fused-ring (bicyclic) bond motifs is 5. The Morgan fingerprint density at radius 3 is 2.74 bits per heavy atom. The van der Waals surface area contributed by atoms with Crippen molar-refractivity contribution in [2.75, 3.05) is 6.54 Å². The van der Waals surface area contributed by atoms with Gasteiger partial charge in [0.15, 0.2) is 0 Å². The topological polar surface area (TPSA) is 66.4 Å². The summed E-state index contributed by atoms with van der Waals surface area (Å²) in [5, 5.41) is 12.9. The molecule has 0 heterocycles. The highest BCUT2D eigenvalue weighted by Gasteiger charge is 2.58. The van der Waals surface area contributed by atoms with Crippen LogP contribution in [-0.4, -0.2) is 23.3 Å². The van der Waals surface area contributed by atoms with Gasteiger partial charge in [0.25, 0.3) is 5.91 Å². The number of halogens is 1. The number of aryl methyl sites for hydroxylation is 1. The Morgan fingerprint density at radius 1 is 1.19 bits per heavy atom. The number of carbonyl (C=O) groups is 2. The molecule has 4 unspecified atom stereocenters. The summed E-state index contributed by atoms with van der Waals surface area (Å²) in [7, 11) is 0. The molecule has 1 amide bonds. The smallest absolute Gasteiger partial charge is 0.251 e. The number of ketones is 1. The molecule has 3 aliphatic carbocycles. The molecule has 0 bridgehead atoms. The van der Waals surface area contributed by atoms with Gasteiger partial charge in [-0.2, -0.15) is 0 Å². The number of rotatable bonds is 3. The van der Waals surface area contributed by atoms with Gasteiger partial charge in [0.2, 0.25) is 0 Å². The van der Waals surface area contributed by atoms with Gasteiger partial charge in [-0.05, 0) is 96.9 Å². The van der Waals surface area contributed by atoms with Crippen LogP contribution in [0.2, 0.25) is 0 Å². The molecule has 162 valence electrons.